The number of fused-ring (bicyclic) bond motifs is 1. The number of para-hydroxylation sites is 1. The molecule has 0 saturated carbocycles. The number of allylic oxidation sites excluding steroid dienone is 1. The summed E-state index contributed by atoms with van der Waals surface area (Å²) in [5, 5.41) is 2.45. The number of halogens is 1. The highest BCUT2D eigenvalue weighted by atomic mass is 127. The first-order chi connectivity index (χ1) is 12.5. The number of aryl methyl sites for hydroxylation is 2. The second-order valence-electron chi connectivity index (χ2n) is 6.35. The first-order valence-corrected chi connectivity index (χ1v) is 9.86. The van der Waals surface area contributed by atoms with Gasteiger partial charge in [-0.2, -0.15) is 0 Å². The molecule has 0 fully saturated rings. The molecular formula is C23H21IO2. The predicted molar refractivity (Wildman–Crippen MR) is 117 cm³/mol. The summed E-state index contributed by atoms with van der Waals surface area (Å²) in [6.45, 7) is 3.91. The van der Waals surface area contributed by atoms with E-state index in [-0.39, 0.29) is 9.89 Å². The van der Waals surface area contributed by atoms with E-state index >= 15 is 0 Å². The van der Waals surface area contributed by atoms with Crippen molar-refractivity contribution in [1.82, 2.24) is 0 Å². The highest BCUT2D eigenvalue weighted by molar-refractivity contribution is 14.1. The normalized spacial score (nSPS) is 12.4. The van der Waals surface area contributed by atoms with E-state index in [0.717, 1.165) is 16.7 Å². The summed E-state index contributed by atoms with van der Waals surface area (Å²) in [6, 6.07) is 20.5. The van der Waals surface area contributed by atoms with Gasteiger partial charge < -0.3 is 4.74 Å². The van der Waals surface area contributed by atoms with E-state index in [1.807, 2.05) is 50.3 Å². The van der Waals surface area contributed by atoms with Crippen molar-refractivity contribution in [1.29, 1.82) is 0 Å². The number of ether oxygens (including phenoxy) is 1. The smallest absolute Gasteiger partial charge is 0.324 e. The lowest BCUT2D eigenvalue weighted by molar-refractivity contribution is -0.133. The van der Waals surface area contributed by atoms with Crippen LogP contribution >= 0.6 is 22.6 Å². The molecule has 132 valence electrons. The molecule has 3 rings (SSSR count). The number of rotatable bonds is 5. The molecule has 0 amide bonds. The minimum absolute atomic E-state index is 0.203. The van der Waals surface area contributed by atoms with Gasteiger partial charge in [-0.05, 0) is 53.8 Å². The van der Waals surface area contributed by atoms with Crippen LogP contribution in [0, 0.1) is 13.8 Å². The number of benzene rings is 3. The van der Waals surface area contributed by atoms with Crippen LogP contribution < -0.4 is 4.74 Å². The number of carbonyl (C=O) groups excluding carboxylic acids is 1. The molecule has 0 aromatic heterocycles. The van der Waals surface area contributed by atoms with Crippen molar-refractivity contribution in [3.8, 4) is 5.75 Å². The SMILES string of the molecule is Cc1cccc(C)c1OC(=O)C(I)C/C=C/c1ccc2ccccc2c1. The maximum atomic E-state index is 12.4. The van der Waals surface area contributed by atoms with Gasteiger partial charge in [0.2, 0.25) is 0 Å². The largest absolute Gasteiger partial charge is 0.425 e. The molecule has 0 aliphatic heterocycles. The Morgan fingerprint density at radius 2 is 1.69 bits per heavy atom. The lowest BCUT2D eigenvalue weighted by Crippen LogP contribution is -2.20. The van der Waals surface area contributed by atoms with E-state index in [1.165, 1.54) is 10.8 Å². The average molecular weight is 456 g/mol. The molecule has 1 atom stereocenters. The van der Waals surface area contributed by atoms with Gasteiger partial charge in [-0.3, -0.25) is 4.79 Å². The van der Waals surface area contributed by atoms with E-state index in [4.69, 9.17) is 4.74 Å². The van der Waals surface area contributed by atoms with Gasteiger partial charge >= 0.3 is 5.97 Å². The summed E-state index contributed by atoms with van der Waals surface area (Å²) in [4.78, 5) is 12.4. The fraction of sp³-hybridized carbons (Fsp3) is 0.174. The van der Waals surface area contributed by atoms with Crippen LogP contribution in [-0.2, 0) is 4.79 Å². The zero-order valence-corrected chi connectivity index (χ0v) is 17.1. The van der Waals surface area contributed by atoms with Crippen molar-refractivity contribution in [2.45, 2.75) is 24.2 Å². The molecule has 0 heterocycles. The van der Waals surface area contributed by atoms with Gasteiger partial charge in [0.25, 0.3) is 0 Å². The summed E-state index contributed by atoms with van der Waals surface area (Å²) < 4.78 is 5.40. The van der Waals surface area contributed by atoms with Crippen LogP contribution in [-0.4, -0.2) is 9.89 Å². The van der Waals surface area contributed by atoms with Gasteiger partial charge in [0.15, 0.2) is 0 Å². The van der Waals surface area contributed by atoms with Gasteiger partial charge in [-0.25, -0.2) is 0 Å². The molecule has 0 saturated heterocycles. The second-order valence-corrected chi connectivity index (χ2v) is 7.86. The summed E-state index contributed by atoms with van der Waals surface area (Å²) >= 11 is 2.15. The first-order valence-electron chi connectivity index (χ1n) is 8.62. The van der Waals surface area contributed by atoms with Gasteiger partial charge in [-0.1, -0.05) is 89.3 Å². The molecule has 0 bridgehead atoms. The maximum Gasteiger partial charge on any atom is 0.324 e. The molecule has 0 aliphatic rings. The number of hydrogen-bond acceptors (Lipinski definition) is 2. The van der Waals surface area contributed by atoms with Gasteiger partial charge in [-0.15, -0.1) is 0 Å². The van der Waals surface area contributed by atoms with Crippen LogP contribution in [0.4, 0.5) is 0 Å². The molecule has 0 radical (unpaired) electrons. The van der Waals surface area contributed by atoms with Crippen molar-refractivity contribution in [3.63, 3.8) is 0 Å². The Morgan fingerprint density at radius 3 is 2.42 bits per heavy atom. The van der Waals surface area contributed by atoms with E-state index < -0.39 is 0 Å². The average Bonchev–Trinajstić information content (AvgIpc) is 2.64. The van der Waals surface area contributed by atoms with Crippen LogP contribution in [0.2, 0.25) is 0 Å². The Morgan fingerprint density at radius 1 is 1.00 bits per heavy atom. The molecule has 3 heteroatoms. The van der Waals surface area contributed by atoms with Crippen molar-refractivity contribution >= 4 is 45.4 Å². The molecule has 26 heavy (non-hydrogen) atoms. The third-order valence-corrected chi connectivity index (χ3v) is 5.31. The van der Waals surface area contributed by atoms with Crippen molar-refractivity contribution < 1.29 is 9.53 Å². The molecule has 1 unspecified atom stereocenters. The third-order valence-electron chi connectivity index (χ3n) is 4.29. The maximum absolute atomic E-state index is 12.4. The number of carbonyl (C=O) groups is 1. The highest BCUT2D eigenvalue weighted by Gasteiger charge is 2.17. The zero-order chi connectivity index (χ0) is 18.5. The predicted octanol–water partition coefficient (Wildman–Crippen LogP) is 6.27. The number of alkyl halides is 1. The molecule has 0 spiro atoms. The standard InChI is InChI=1S/C23H21IO2/c1-16-7-5-8-17(2)22(16)26-23(25)21(24)12-6-9-18-13-14-19-10-3-4-11-20(19)15-18/h3-11,13-15,21H,12H2,1-2H3/b9-6+. The van der Waals surface area contributed by atoms with Gasteiger partial charge in [0.05, 0.1) is 0 Å². The Balaban J connectivity index is 1.62. The van der Waals surface area contributed by atoms with E-state index in [9.17, 15) is 4.79 Å². The summed E-state index contributed by atoms with van der Waals surface area (Å²) in [5.41, 5.74) is 3.10. The Labute approximate surface area is 168 Å². The first kappa shape index (κ1) is 18.6. The topological polar surface area (TPSA) is 26.3 Å². The number of esters is 1. The summed E-state index contributed by atoms with van der Waals surface area (Å²) in [5.74, 6) is 0.476. The third kappa shape index (κ3) is 4.52. The van der Waals surface area contributed by atoms with Crippen LogP contribution in [0.1, 0.15) is 23.1 Å². The quantitative estimate of drug-likeness (QED) is 0.196. The van der Waals surface area contributed by atoms with Crippen LogP contribution in [0.3, 0.4) is 0 Å². The van der Waals surface area contributed by atoms with Gasteiger partial charge in [0.1, 0.15) is 9.67 Å². The van der Waals surface area contributed by atoms with E-state index in [1.54, 1.807) is 0 Å². The number of hydrogen-bond donors (Lipinski definition) is 0. The lowest BCUT2D eigenvalue weighted by atomic mass is 10.1. The van der Waals surface area contributed by atoms with Crippen LogP contribution in [0.15, 0.2) is 66.7 Å². The Hall–Kier alpha value is -2.14. The Bertz CT molecular complexity index is 939. The fourth-order valence-corrected chi connectivity index (χ4v) is 3.28. The minimum atomic E-state index is -0.219. The summed E-state index contributed by atoms with van der Waals surface area (Å²) in [7, 11) is 0. The van der Waals surface area contributed by atoms with E-state index in [0.29, 0.717) is 12.2 Å². The van der Waals surface area contributed by atoms with E-state index in [2.05, 4.69) is 59.0 Å². The summed E-state index contributed by atoms with van der Waals surface area (Å²) in [6.07, 6.45) is 4.73. The van der Waals surface area contributed by atoms with Gasteiger partial charge in [0, 0.05) is 0 Å². The monoisotopic (exact) mass is 456 g/mol. The second kappa shape index (κ2) is 8.49. The molecular weight excluding hydrogens is 435 g/mol. The highest BCUT2D eigenvalue weighted by Crippen LogP contribution is 2.24. The fourth-order valence-electron chi connectivity index (χ4n) is 2.86. The molecule has 2 nitrogen and oxygen atoms in total. The van der Waals surface area contributed by atoms with Crippen molar-refractivity contribution in [2.24, 2.45) is 0 Å². The van der Waals surface area contributed by atoms with Crippen LogP contribution in [0.25, 0.3) is 16.8 Å². The van der Waals surface area contributed by atoms with Crippen molar-refractivity contribution in [2.75, 3.05) is 0 Å². The molecule has 3 aromatic carbocycles. The molecule has 0 N–H and O–H groups in total. The minimum Gasteiger partial charge on any atom is -0.425 e. The molecule has 0 aliphatic carbocycles. The lowest BCUT2D eigenvalue weighted by Gasteiger charge is -2.12. The van der Waals surface area contributed by atoms with Crippen molar-refractivity contribution in [3.05, 3.63) is 83.4 Å². The van der Waals surface area contributed by atoms with Crippen LogP contribution in [0.5, 0.6) is 5.75 Å². The molecule has 3 aromatic rings. The zero-order valence-electron chi connectivity index (χ0n) is 14.9. The Kier molecular flexibility index (Phi) is 6.09.